The molecule has 0 aliphatic heterocycles. The van der Waals surface area contributed by atoms with Crippen molar-refractivity contribution in [1.82, 2.24) is 5.32 Å². The smallest absolute Gasteiger partial charge is 0.327 e. The zero-order valence-corrected chi connectivity index (χ0v) is 13.4. The van der Waals surface area contributed by atoms with Gasteiger partial charge in [-0.25, -0.2) is 9.18 Å². The van der Waals surface area contributed by atoms with Gasteiger partial charge in [0.15, 0.2) is 0 Å². The van der Waals surface area contributed by atoms with Gasteiger partial charge in [-0.15, -0.1) is 0 Å². The number of fused-ring (bicyclic) bond motifs is 1. The normalized spacial score (nSPS) is 17.6. The fourth-order valence-electron chi connectivity index (χ4n) is 3.06. The summed E-state index contributed by atoms with van der Waals surface area (Å²) in [5, 5.41) is 3.77. The van der Waals surface area contributed by atoms with Gasteiger partial charge in [0, 0.05) is 11.1 Å². The first kappa shape index (κ1) is 16.0. The minimum Gasteiger partial charge on any atom is -0.468 e. The molecule has 0 radical (unpaired) electrons. The van der Waals surface area contributed by atoms with Crippen molar-refractivity contribution in [3.63, 3.8) is 0 Å². The molecule has 1 N–H and O–H groups in total. The number of carbonyl (C=O) groups excluding carboxylic acids is 1. The molecule has 0 bridgehead atoms. The van der Waals surface area contributed by atoms with E-state index in [1.165, 1.54) is 19.2 Å². The van der Waals surface area contributed by atoms with Crippen LogP contribution in [-0.4, -0.2) is 13.1 Å². The van der Waals surface area contributed by atoms with Crippen LogP contribution in [-0.2, 0) is 16.0 Å². The van der Waals surface area contributed by atoms with E-state index in [9.17, 15) is 9.18 Å². The van der Waals surface area contributed by atoms with Crippen LogP contribution in [0.2, 0.25) is 5.02 Å². The number of halogens is 2. The van der Waals surface area contributed by atoms with Gasteiger partial charge in [-0.1, -0.05) is 35.9 Å². The molecule has 2 aromatic rings. The molecule has 1 aliphatic carbocycles. The molecular weight excluding hydrogens is 317 g/mol. The Labute approximate surface area is 139 Å². The topological polar surface area (TPSA) is 38.3 Å². The van der Waals surface area contributed by atoms with Crippen molar-refractivity contribution in [2.75, 3.05) is 7.11 Å². The SMILES string of the molecule is COC(=O)[C@H](N[C@H]1CCc2ccc(F)cc21)c1ccccc1Cl. The molecule has 0 aromatic heterocycles. The molecule has 3 nitrogen and oxygen atoms in total. The van der Waals surface area contributed by atoms with Crippen LogP contribution in [0.15, 0.2) is 42.5 Å². The lowest BCUT2D eigenvalue weighted by Crippen LogP contribution is -2.32. The van der Waals surface area contributed by atoms with Crippen molar-refractivity contribution >= 4 is 17.6 Å². The molecular formula is C18H17ClFNO2. The van der Waals surface area contributed by atoms with E-state index < -0.39 is 12.0 Å². The first-order valence-corrected chi connectivity index (χ1v) is 7.84. The van der Waals surface area contributed by atoms with Crippen molar-refractivity contribution in [3.8, 4) is 0 Å². The predicted octanol–water partition coefficient (Wildman–Crippen LogP) is 3.97. The Morgan fingerprint density at radius 1 is 1.35 bits per heavy atom. The zero-order chi connectivity index (χ0) is 16.4. The monoisotopic (exact) mass is 333 g/mol. The zero-order valence-electron chi connectivity index (χ0n) is 12.7. The summed E-state index contributed by atoms with van der Waals surface area (Å²) in [5.41, 5.74) is 2.66. The van der Waals surface area contributed by atoms with E-state index in [0.29, 0.717) is 10.6 Å². The van der Waals surface area contributed by atoms with E-state index in [0.717, 1.165) is 24.0 Å². The van der Waals surface area contributed by atoms with Crippen LogP contribution < -0.4 is 5.32 Å². The molecule has 2 atom stereocenters. The van der Waals surface area contributed by atoms with Gasteiger partial charge >= 0.3 is 5.97 Å². The summed E-state index contributed by atoms with van der Waals surface area (Å²) in [6, 6.07) is 11.1. The molecule has 0 spiro atoms. The van der Waals surface area contributed by atoms with Gasteiger partial charge in [-0.2, -0.15) is 0 Å². The van der Waals surface area contributed by atoms with Gasteiger partial charge in [0.25, 0.3) is 0 Å². The predicted molar refractivity (Wildman–Crippen MR) is 86.8 cm³/mol. The Kier molecular flexibility index (Phi) is 4.64. The number of rotatable bonds is 4. The molecule has 0 amide bonds. The van der Waals surface area contributed by atoms with Crippen LogP contribution >= 0.6 is 11.6 Å². The summed E-state index contributed by atoms with van der Waals surface area (Å²) in [6.45, 7) is 0. The molecule has 0 heterocycles. The van der Waals surface area contributed by atoms with Crippen LogP contribution in [0.1, 0.15) is 35.2 Å². The van der Waals surface area contributed by atoms with Crippen LogP contribution in [0.4, 0.5) is 4.39 Å². The lowest BCUT2D eigenvalue weighted by Gasteiger charge is -2.23. The van der Waals surface area contributed by atoms with Gasteiger partial charge in [0.2, 0.25) is 0 Å². The number of esters is 1. The maximum Gasteiger partial charge on any atom is 0.327 e. The minimum atomic E-state index is -0.687. The third-order valence-electron chi connectivity index (χ3n) is 4.21. The van der Waals surface area contributed by atoms with Crippen molar-refractivity contribution in [1.29, 1.82) is 0 Å². The molecule has 0 unspecified atom stereocenters. The lowest BCUT2D eigenvalue weighted by molar-refractivity contribution is -0.143. The first-order valence-electron chi connectivity index (χ1n) is 7.47. The number of nitrogens with one attached hydrogen (secondary N) is 1. The van der Waals surface area contributed by atoms with E-state index in [2.05, 4.69) is 5.32 Å². The van der Waals surface area contributed by atoms with Gasteiger partial charge < -0.3 is 4.74 Å². The highest BCUT2D eigenvalue weighted by atomic mass is 35.5. The Hall–Kier alpha value is -1.91. The maximum atomic E-state index is 13.5. The second kappa shape index (κ2) is 6.69. The Balaban J connectivity index is 1.91. The molecule has 0 fully saturated rings. The molecule has 0 saturated heterocycles. The first-order chi connectivity index (χ1) is 11.1. The summed E-state index contributed by atoms with van der Waals surface area (Å²) < 4.78 is 18.5. The van der Waals surface area contributed by atoms with E-state index in [4.69, 9.17) is 16.3 Å². The van der Waals surface area contributed by atoms with Gasteiger partial charge in [0.05, 0.1) is 7.11 Å². The van der Waals surface area contributed by atoms with Crippen LogP contribution in [0.5, 0.6) is 0 Å². The fraction of sp³-hybridized carbons (Fsp3) is 0.278. The number of hydrogen-bond acceptors (Lipinski definition) is 3. The number of ether oxygens (including phenoxy) is 1. The summed E-state index contributed by atoms with van der Waals surface area (Å²) in [4.78, 5) is 12.2. The average Bonchev–Trinajstić information content (AvgIpc) is 2.95. The quantitative estimate of drug-likeness (QED) is 0.860. The summed E-state index contributed by atoms with van der Waals surface area (Å²) in [6.07, 6.45) is 1.65. The van der Waals surface area contributed by atoms with Crippen LogP contribution in [0, 0.1) is 5.82 Å². The fourth-order valence-corrected chi connectivity index (χ4v) is 3.30. The standard InChI is InChI=1S/C18H17ClFNO2/c1-23-18(22)17(13-4-2-3-5-15(13)19)21-16-9-7-11-6-8-12(20)10-14(11)16/h2-6,8,10,16-17,21H,7,9H2,1H3/t16-,17+/m0/s1. The molecule has 0 saturated carbocycles. The van der Waals surface area contributed by atoms with Crippen molar-refractivity contribution in [3.05, 3.63) is 70.0 Å². The van der Waals surface area contributed by atoms with E-state index >= 15 is 0 Å². The third kappa shape index (κ3) is 3.23. The van der Waals surface area contributed by atoms with Gasteiger partial charge in [-0.3, -0.25) is 5.32 Å². The summed E-state index contributed by atoms with van der Waals surface area (Å²) >= 11 is 6.22. The highest BCUT2D eigenvalue weighted by Gasteiger charge is 2.30. The van der Waals surface area contributed by atoms with Crippen LogP contribution in [0.3, 0.4) is 0 Å². The van der Waals surface area contributed by atoms with Gasteiger partial charge in [0.1, 0.15) is 11.9 Å². The maximum absolute atomic E-state index is 13.5. The second-order valence-corrected chi connectivity index (χ2v) is 5.99. The third-order valence-corrected chi connectivity index (χ3v) is 4.55. The van der Waals surface area contributed by atoms with E-state index in [-0.39, 0.29) is 11.9 Å². The number of benzene rings is 2. The summed E-state index contributed by atoms with van der Waals surface area (Å²) in [7, 11) is 1.34. The average molecular weight is 334 g/mol. The highest BCUT2D eigenvalue weighted by Crippen LogP contribution is 2.35. The Bertz CT molecular complexity index is 735. The second-order valence-electron chi connectivity index (χ2n) is 5.58. The van der Waals surface area contributed by atoms with E-state index in [1.807, 2.05) is 6.07 Å². The van der Waals surface area contributed by atoms with Crippen molar-refractivity contribution in [2.45, 2.75) is 24.9 Å². The number of hydrogen-bond donors (Lipinski definition) is 1. The molecule has 5 heteroatoms. The number of carbonyl (C=O) groups is 1. The largest absolute Gasteiger partial charge is 0.468 e. The molecule has 1 aliphatic rings. The molecule has 23 heavy (non-hydrogen) atoms. The van der Waals surface area contributed by atoms with Crippen LogP contribution in [0.25, 0.3) is 0 Å². The Morgan fingerprint density at radius 2 is 2.13 bits per heavy atom. The lowest BCUT2D eigenvalue weighted by atomic mass is 10.0. The molecule has 120 valence electrons. The molecule has 3 rings (SSSR count). The number of methoxy groups -OCH3 is 1. The number of aryl methyl sites for hydroxylation is 1. The highest BCUT2D eigenvalue weighted by molar-refractivity contribution is 6.31. The van der Waals surface area contributed by atoms with Crippen molar-refractivity contribution in [2.24, 2.45) is 0 Å². The molecule has 2 aromatic carbocycles. The van der Waals surface area contributed by atoms with Gasteiger partial charge in [-0.05, 0) is 47.7 Å². The van der Waals surface area contributed by atoms with Crippen molar-refractivity contribution < 1.29 is 13.9 Å². The Morgan fingerprint density at radius 3 is 2.87 bits per heavy atom. The van der Waals surface area contributed by atoms with E-state index in [1.54, 1.807) is 24.3 Å². The minimum absolute atomic E-state index is 0.110. The summed E-state index contributed by atoms with van der Waals surface area (Å²) in [5.74, 6) is -0.687.